The van der Waals surface area contributed by atoms with E-state index in [1.807, 2.05) is 18.2 Å². The quantitative estimate of drug-likeness (QED) is 0.392. The Morgan fingerprint density at radius 2 is 1.97 bits per heavy atom. The van der Waals surface area contributed by atoms with E-state index in [9.17, 15) is 4.79 Å². The van der Waals surface area contributed by atoms with Gasteiger partial charge < -0.3 is 10.3 Å². The summed E-state index contributed by atoms with van der Waals surface area (Å²) in [6, 6.07) is 18.8. The van der Waals surface area contributed by atoms with Crippen molar-refractivity contribution in [2.24, 2.45) is 0 Å². The maximum absolute atomic E-state index is 12.8. The van der Waals surface area contributed by atoms with Gasteiger partial charge in [-0.2, -0.15) is 11.3 Å². The summed E-state index contributed by atoms with van der Waals surface area (Å²) in [5.41, 5.74) is 6.15. The van der Waals surface area contributed by atoms with Crippen LogP contribution in [-0.2, 0) is 17.6 Å². The van der Waals surface area contributed by atoms with Gasteiger partial charge in [0.15, 0.2) is 0 Å². The fourth-order valence-electron chi connectivity index (χ4n) is 3.95. The molecule has 0 saturated heterocycles. The number of H-pyrrole nitrogens is 1. The van der Waals surface area contributed by atoms with Crippen molar-refractivity contribution in [1.29, 1.82) is 0 Å². The number of nitrogens with one attached hydrogen (secondary N) is 2. The average Bonchev–Trinajstić information content (AvgIpc) is 3.43. The van der Waals surface area contributed by atoms with E-state index in [2.05, 4.69) is 70.6 Å². The fraction of sp³-hybridized carbons (Fsp3) is 0.240. The summed E-state index contributed by atoms with van der Waals surface area (Å²) in [6.07, 6.45) is 4.38. The largest absolute Gasteiger partial charge is 0.361 e. The number of benzene rings is 2. The van der Waals surface area contributed by atoms with Gasteiger partial charge >= 0.3 is 0 Å². The zero-order valence-corrected chi connectivity index (χ0v) is 17.5. The summed E-state index contributed by atoms with van der Waals surface area (Å²) >= 11 is 1.68. The smallest absolute Gasteiger partial charge is 0.220 e. The molecule has 4 aromatic rings. The number of hydrogen-bond acceptors (Lipinski definition) is 2. The molecular weight excluding hydrogens is 376 g/mol. The zero-order chi connectivity index (χ0) is 20.1. The van der Waals surface area contributed by atoms with E-state index in [0.717, 1.165) is 12.8 Å². The number of rotatable bonds is 8. The van der Waals surface area contributed by atoms with Gasteiger partial charge in [-0.25, -0.2) is 0 Å². The second-order valence-corrected chi connectivity index (χ2v) is 8.12. The SMILES string of the molecule is CCc1cccc2c(C(CC(=O)NCCc3ccccc3)c3ccsc3)c[nH]c12. The third kappa shape index (κ3) is 4.43. The van der Waals surface area contributed by atoms with E-state index in [1.54, 1.807) is 11.3 Å². The molecule has 0 aliphatic heterocycles. The highest BCUT2D eigenvalue weighted by molar-refractivity contribution is 7.08. The number of hydrogen-bond donors (Lipinski definition) is 2. The Morgan fingerprint density at radius 3 is 2.72 bits per heavy atom. The number of carbonyl (C=O) groups is 1. The minimum atomic E-state index is 0.0545. The molecule has 1 atom stereocenters. The summed E-state index contributed by atoms with van der Waals surface area (Å²) in [7, 11) is 0. The van der Waals surface area contributed by atoms with Gasteiger partial charge in [-0.3, -0.25) is 4.79 Å². The lowest BCUT2D eigenvalue weighted by molar-refractivity contribution is -0.121. The standard InChI is InChI=1S/C25H26N2OS/c1-2-19-9-6-10-21-23(16-27-25(19)21)22(20-12-14-29-17-20)15-24(28)26-13-11-18-7-4-3-5-8-18/h3-10,12,14,16-17,22,27H,2,11,13,15H2,1H3,(H,26,28). The zero-order valence-electron chi connectivity index (χ0n) is 16.7. The van der Waals surface area contributed by atoms with Crippen LogP contribution in [-0.4, -0.2) is 17.4 Å². The minimum Gasteiger partial charge on any atom is -0.361 e. The molecule has 29 heavy (non-hydrogen) atoms. The Morgan fingerprint density at radius 1 is 1.10 bits per heavy atom. The van der Waals surface area contributed by atoms with Crippen LogP contribution in [0, 0.1) is 0 Å². The molecule has 0 spiro atoms. The van der Waals surface area contributed by atoms with Gasteiger partial charge in [-0.05, 0) is 51.9 Å². The number of thiophene rings is 1. The predicted molar refractivity (Wildman–Crippen MR) is 122 cm³/mol. The average molecular weight is 403 g/mol. The third-order valence-corrected chi connectivity index (χ3v) is 6.21. The van der Waals surface area contributed by atoms with Crippen LogP contribution in [0.25, 0.3) is 10.9 Å². The van der Waals surface area contributed by atoms with E-state index in [0.29, 0.717) is 13.0 Å². The van der Waals surface area contributed by atoms with Crippen molar-refractivity contribution in [3.8, 4) is 0 Å². The first-order chi connectivity index (χ1) is 14.3. The molecule has 148 valence electrons. The Balaban J connectivity index is 1.52. The van der Waals surface area contributed by atoms with Crippen LogP contribution in [0.2, 0.25) is 0 Å². The Labute approximate surface area is 175 Å². The monoisotopic (exact) mass is 402 g/mol. The topological polar surface area (TPSA) is 44.9 Å². The Kier molecular flexibility index (Phi) is 6.11. The van der Waals surface area contributed by atoms with E-state index in [1.165, 1.54) is 33.2 Å². The molecule has 2 heterocycles. The number of fused-ring (bicyclic) bond motifs is 1. The van der Waals surface area contributed by atoms with Crippen molar-refractivity contribution in [3.05, 3.63) is 93.8 Å². The lowest BCUT2D eigenvalue weighted by Crippen LogP contribution is -2.27. The van der Waals surface area contributed by atoms with Crippen molar-refractivity contribution in [2.45, 2.75) is 32.1 Å². The molecule has 1 amide bonds. The first-order valence-electron chi connectivity index (χ1n) is 10.2. The minimum absolute atomic E-state index is 0.0545. The number of para-hydroxylation sites is 1. The van der Waals surface area contributed by atoms with Gasteiger partial charge in [-0.15, -0.1) is 0 Å². The van der Waals surface area contributed by atoms with Crippen molar-refractivity contribution in [3.63, 3.8) is 0 Å². The van der Waals surface area contributed by atoms with E-state index in [-0.39, 0.29) is 11.8 Å². The second kappa shape index (κ2) is 9.10. The van der Waals surface area contributed by atoms with Crippen molar-refractivity contribution < 1.29 is 4.79 Å². The van der Waals surface area contributed by atoms with Crippen LogP contribution in [0.4, 0.5) is 0 Å². The molecule has 4 rings (SSSR count). The maximum atomic E-state index is 12.8. The van der Waals surface area contributed by atoms with E-state index >= 15 is 0 Å². The van der Waals surface area contributed by atoms with Crippen molar-refractivity contribution >= 4 is 28.1 Å². The molecule has 0 fully saturated rings. The van der Waals surface area contributed by atoms with Gasteiger partial charge in [0, 0.05) is 36.0 Å². The maximum Gasteiger partial charge on any atom is 0.220 e. The Hall–Kier alpha value is -2.85. The number of aromatic nitrogens is 1. The summed E-state index contributed by atoms with van der Waals surface area (Å²) in [5.74, 6) is 0.150. The molecule has 0 radical (unpaired) electrons. The molecule has 3 nitrogen and oxygen atoms in total. The molecule has 0 aliphatic rings. The highest BCUT2D eigenvalue weighted by Crippen LogP contribution is 2.35. The van der Waals surface area contributed by atoms with E-state index in [4.69, 9.17) is 0 Å². The van der Waals surface area contributed by atoms with Crippen LogP contribution < -0.4 is 5.32 Å². The number of amides is 1. The first-order valence-corrected chi connectivity index (χ1v) is 11.1. The van der Waals surface area contributed by atoms with Crippen molar-refractivity contribution in [1.82, 2.24) is 10.3 Å². The summed E-state index contributed by atoms with van der Waals surface area (Å²) in [5, 5.41) is 8.57. The number of carbonyl (C=O) groups excluding carboxylic acids is 1. The highest BCUT2D eigenvalue weighted by atomic mass is 32.1. The highest BCUT2D eigenvalue weighted by Gasteiger charge is 2.22. The van der Waals surface area contributed by atoms with Crippen LogP contribution in [0.3, 0.4) is 0 Å². The lowest BCUT2D eigenvalue weighted by Gasteiger charge is -2.16. The van der Waals surface area contributed by atoms with Gasteiger partial charge in [0.05, 0.1) is 0 Å². The molecule has 1 unspecified atom stereocenters. The fourth-order valence-corrected chi connectivity index (χ4v) is 4.67. The normalized spacial score (nSPS) is 12.2. The molecule has 0 bridgehead atoms. The summed E-state index contributed by atoms with van der Waals surface area (Å²) in [4.78, 5) is 16.2. The van der Waals surface area contributed by atoms with Gasteiger partial charge in [0.25, 0.3) is 0 Å². The lowest BCUT2D eigenvalue weighted by atomic mass is 9.89. The molecule has 2 aromatic heterocycles. The molecule has 0 aliphatic carbocycles. The molecule has 2 N–H and O–H groups in total. The molecule has 0 saturated carbocycles. The third-order valence-electron chi connectivity index (χ3n) is 5.50. The predicted octanol–water partition coefficient (Wildman–Crippen LogP) is 5.67. The molecule has 4 heteroatoms. The van der Waals surface area contributed by atoms with Crippen LogP contribution in [0.15, 0.2) is 71.6 Å². The van der Waals surface area contributed by atoms with E-state index < -0.39 is 0 Å². The summed E-state index contributed by atoms with van der Waals surface area (Å²) in [6.45, 7) is 2.83. The van der Waals surface area contributed by atoms with Gasteiger partial charge in [-0.1, -0.05) is 55.5 Å². The van der Waals surface area contributed by atoms with Crippen molar-refractivity contribution in [2.75, 3.05) is 6.54 Å². The first kappa shape index (κ1) is 19.5. The van der Waals surface area contributed by atoms with Gasteiger partial charge in [0.2, 0.25) is 5.91 Å². The second-order valence-electron chi connectivity index (χ2n) is 7.34. The number of aryl methyl sites for hydroxylation is 1. The van der Waals surface area contributed by atoms with Crippen LogP contribution >= 0.6 is 11.3 Å². The molecule has 2 aromatic carbocycles. The van der Waals surface area contributed by atoms with Gasteiger partial charge in [0.1, 0.15) is 0 Å². The Bertz CT molecular complexity index is 1070. The number of aromatic amines is 1. The summed E-state index contributed by atoms with van der Waals surface area (Å²) < 4.78 is 0. The van der Waals surface area contributed by atoms with Crippen LogP contribution in [0.1, 0.15) is 41.5 Å². The van der Waals surface area contributed by atoms with Crippen LogP contribution in [0.5, 0.6) is 0 Å². The molecular formula is C25H26N2OS.